The van der Waals surface area contributed by atoms with Crippen molar-refractivity contribution >= 4 is 29.4 Å². The van der Waals surface area contributed by atoms with Gasteiger partial charge < -0.3 is 20.6 Å². The van der Waals surface area contributed by atoms with Gasteiger partial charge in [0.2, 0.25) is 6.10 Å². The van der Waals surface area contributed by atoms with Crippen LogP contribution in [0.5, 0.6) is 0 Å². The first-order valence-corrected chi connectivity index (χ1v) is 7.78. The summed E-state index contributed by atoms with van der Waals surface area (Å²) in [5.74, 6) is -1.28. The summed E-state index contributed by atoms with van der Waals surface area (Å²) in [6.07, 6.45) is 0.701. The van der Waals surface area contributed by atoms with Gasteiger partial charge in [-0.1, -0.05) is 19.0 Å². The number of hydrogen-bond donors (Lipinski definition) is 3. The number of thioether (sulfide) groups is 1. The van der Waals surface area contributed by atoms with Crippen molar-refractivity contribution in [3.05, 3.63) is 11.1 Å². The molecule has 120 valence electrons. The van der Waals surface area contributed by atoms with Gasteiger partial charge in [0.05, 0.1) is 5.70 Å². The van der Waals surface area contributed by atoms with Gasteiger partial charge >= 0.3 is 5.97 Å². The molecule has 0 saturated carbocycles. The molecule has 0 rings (SSSR count). The minimum Gasteiger partial charge on any atom is -0.478 e. The van der Waals surface area contributed by atoms with E-state index in [4.69, 9.17) is 9.94 Å². The molecule has 0 fully saturated rings. The summed E-state index contributed by atoms with van der Waals surface area (Å²) >= 11 is 1.39. The van der Waals surface area contributed by atoms with Crippen molar-refractivity contribution < 1.29 is 19.5 Å². The van der Waals surface area contributed by atoms with E-state index in [9.17, 15) is 9.59 Å². The van der Waals surface area contributed by atoms with Gasteiger partial charge in [-0.25, -0.2) is 4.79 Å². The second-order valence-corrected chi connectivity index (χ2v) is 5.35. The SMILES string of the molecule is CNC(=C\SC)/C(=N/OC(C)C(=O)O)C(=O)NCC(C)C. The van der Waals surface area contributed by atoms with Crippen molar-refractivity contribution in [1.82, 2.24) is 10.6 Å². The van der Waals surface area contributed by atoms with Gasteiger partial charge in [-0.3, -0.25) is 4.79 Å². The molecule has 0 aromatic rings. The van der Waals surface area contributed by atoms with E-state index in [2.05, 4.69) is 15.8 Å². The van der Waals surface area contributed by atoms with Crippen LogP contribution in [0.1, 0.15) is 20.8 Å². The summed E-state index contributed by atoms with van der Waals surface area (Å²) < 4.78 is 0. The standard InChI is InChI=1S/C13H23N3O4S/c1-8(2)6-15-12(17)11(10(14-4)7-21-5)16-20-9(3)13(18)19/h7-9,14H,6H2,1-5H3,(H,15,17)(H,18,19)/b10-7-,16-11-. The molecule has 0 bridgehead atoms. The lowest BCUT2D eigenvalue weighted by molar-refractivity contribution is -0.149. The average molecular weight is 317 g/mol. The number of hydrogen-bond acceptors (Lipinski definition) is 6. The third-order valence-corrected chi connectivity index (χ3v) is 2.77. The van der Waals surface area contributed by atoms with Gasteiger partial charge in [-0.2, -0.15) is 0 Å². The number of carboxylic acids is 1. The molecular weight excluding hydrogens is 294 g/mol. The summed E-state index contributed by atoms with van der Waals surface area (Å²) in [4.78, 5) is 27.7. The Morgan fingerprint density at radius 3 is 2.43 bits per heavy atom. The van der Waals surface area contributed by atoms with E-state index >= 15 is 0 Å². The highest BCUT2D eigenvalue weighted by molar-refractivity contribution is 8.01. The van der Waals surface area contributed by atoms with E-state index in [-0.39, 0.29) is 11.6 Å². The third-order valence-electron chi connectivity index (χ3n) is 2.30. The van der Waals surface area contributed by atoms with E-state index in [1.165, 1.54) is 18.7 Å². The van der Waals surface area contributed by atoms with Crippen LogP contribution in [0.2, 0.25) is 0 Å². The average Bonchev–Trinajstić information content (AvgIpc) is 2.43. The van der Waals surface area contributed by atoms with E-state index in [0.717, 1.165) is 0 Å². The fourth-order valence-electron chi connectivity index (χ4n) is 1.12. The summed E-state index contributed by atoms with van der Waals surface area (Å²) in [5.41, 5.74) is 0.474. The Bertz CT molecular complexity index is 422. The van der Waals surface area contributed by atoms with Gasteiger partial charge in [0.15, 0.2) is 5.71 Å². The third kappa shape index (κ3) is 7.60. The quantitative estimate of drug-likeness (QED) is 0.434. The zero-order valence-corrected chi connectivity index (χ0v) is 13.8. The molecule has 1 unspecified atom stereocenters. The zero-order chi connectivity index (χ0) is 16.4. The first kappa shape index (κ1) is 19.3. The number of oxime groups is 1. The van der Waals surface area contributed by atoms with Gasteiger partial charge in [0.1, 0.15) is 0 Å². The maximum absolute atomic E-state index is 12.1. The highest BCUT2D eigenvalue weighted by Gasteiger charge is 2.19. The molecule has 1 amide bonds. The Balaban J connectivity index is 5.17. The van der Waals surface area contributed by atoms with Crippen LogP contribution >= 0.6 is 11.8 Å². The predicted molar refractivity (Wildman–Crippen MR) is 84.1 cm³/mol. The number of amides is 1. The molecule has 0 aromatic carbocycles. The topological polar surface area (TPSA) is 100 Å². The molecule has 0 radical (unpaired) electrons. The summed E-state index contributed by atoms with van der Waals surface area (Å²) in [6, 6.07) is 0. The fourth-order valence-corrected chi connectivity index (χ4v) is 1.59. The predicted octanol–water partition coefficient (Wildman–Crippen LogP) is 1.03. The number of carbonyl (C=O) groups is 2. The van der Waals surface area contributed by atoms with Crippen molar-refractivity contribution in [3.8, 4) is 0 Å². The molecule has 0 saturated heterocycles. The molecule has 1 atom stereocenters. The van der Waals surface area contributed by atoms with Gasteiger partial charge in [-0.05, 0) is 24.5 Å². The Hall–Kier alpha value is -1.70. The highest BCUT2D eigenvalue weighted by atomic mass is 32.2. The number of nitrogens with zero attached hydrogens (tertiary/aromatic N) is 1. The van der Waals surface area contributed by atoms with Crippen LogP contribution in [-0.4, -0.2) is 48.6 Å². The van der Waals surface area contributed by atoms with Crippen LogP contribution in [0.25, 0.3) is 0 Å². The van der Waals surface area contributed by atoms with Gasteiger partial charge in [-0.15, -0.1) is 11.8 Å². The van der Waals surface area contributed by atoms with Crippen LogP contribution < -0.4 is 10.6 Å². The van der Waals surface area contributed by atoms with Crippen LogP contribution in [-0.2, 0) is 14.4 Å². The van der Waals surface area contributed by atoms with Gasteiger partial charge in [0, 0.05) is 13.6 Å². The van der Waals surface area contributed by atoms with Crippen LogP contribution in [0.3, 0.4) is 0 Å². The number of nitrogens with one attached hydrogen (secondary N) is 2. The second kappa shape index (κ2) is 10.1. The van der Waals surface area contributed by atoms with Crippen molar-refractivity contribution in [2.45, 2.75) is 26.9 Å². The fraction of sp³-hybridized carbons (Fsp3) is 0.615. The molecule has 0 aromatic heterocycles. The molecule has 0 heterocycles. The van der Waals surface area contributed by atoms with Crippen LogP contribution in [0.15, 0.2) is 16.3 Å². The summed E-state index contributed by atoms with van der Waals surface area (Å²) in [5, 5.41) is 19.7. The molecule has 7 nitrogen and oxygen atoms in total. The minimum atomic E-state index is -1.15. The number of aliphatic carboxylic acids is 1. The molecule has 3 N–H and O–H groups in total. The van der Waals surface area contributed by atoms with E-state index in [1.807, 2.05) is 20.1 Å². The lowest BCUT2D eigenvalue weighted by atomic mass is 10.2. The number of carbonyl (C=O) groups excluding carboxylic acids is 1. The lowest BCUT2D eigenvalue weighted by Crippen LogP contribution is -2.37. The molecule has 0 aliphatic rings. The summed E-state index contributed by atoms with van der Waals surface area (Å²) in [7, 11) is 1.65. The number of carboxylic acid groups (broad SMARTS) is 1. The Morgan fingerprint density at radius 2 is 2.00 bits per heavy atom. The van der Waals surface area contributed by atoms with Crippen molar-refractivity contribution in [1.29, 1.82) is 0 Å². The van der Waals surface area contributed by atoms with Crippen LogP contribution in [0, 0.1) is 5.92 Å². The van der Waals surface area contributed by atoms with Crippen molar-refractivity contribution in [2.75, 3.05) is 19.8 Å². The Morgan fingerprint density at radius 1 is 1.38 bits per heavy atom. The maximum atomic E-state index is 12.1. The normalized spacial score (nSPS) is 13.8. The molecule has 21 heavy (non-hydrogen) atoms. The monoisotopic (exact) mass is 317 g/mol. The highest BCUT2D eigenvalue weighted by Crippen LogP contribution is 2.05. The van der Waals surface area contributed by atoms with Gasteiger partial charge in [0.25, 0.3) is 5.91 Å². The van der Waals surface area contributed by atoms with E-state index in [0.29, 0.717) is 12.2 Å². The Kier molecular flexibility index (Phi) is 9.27. The van der Waals surface area contributed by atoms with Crippen LogP contribution in [0.4, 0.5) is 0 Å². The lowest BCUT2D eigenvalue weighted by Gasteiger charge is -2.13. The molecule has 0 spiro atoms. The first-order chi connectivity index (χ1) is 9.83. The molecule has 8 heteroatoms. The van der Waals surface area contributed by atoms with Crippen molar-refractivity contribution in [3.63, 3.8) is 0 Å². The maximum Gasteiger partial charge on any atom is 0.347 e. The first-order valence-electron chi connectivity index (χ1n) is 6.49. The second-order valence-electron chi connectivity index (χ2n) is 4.65. The van der Waals surface area contributed by atoms with E-state index in [1.54, 1.807) is 12.5 Å². The zero-order valence-electron chi connectivity index (χ0n) is 13.0. The van der Waals surface area contributed by atoms with E-state index < -0.39 is 18.0 Å². The largest absolute Gasteiger partial charge is 0.478 e. The molecule has 0 aliphatic heterocycles. The molecule has 0 aliphatic carbocycles. The van der Waals surface area contributed by atoms with Crippen molar-refractivity contribution in [2.24, 2.45) is 11.1 Å². The molecular formula is C13H23N3O4S. The summed E-state index contributed by atoms with van der Waals surface area (Å²) in [6.45, 7) is 5.77. The number of rotatable bonds is 9. The smallest absolute Gasteiger partial charge is 0.347 e. The Labute approximate surface area is 129 Å². The minimum absolute atomic E-state index is 0.0144.